The van der Waals surface area contributed by atoms with E-state index >= 15 is 0 Å². The predicted molar refractivity (Wildman–Crippen MR) is 117 cm³/mol. The molecule has 0 bridgehead atoms. The zero-order valence-electron chi connectivity index (χ0n) is 17.8. The maximum absolute atomic E-state index is 12.2. The van der Waals surface area contributed by atoms with Crippen molar-refractivity contribution >= 4 is 5.91 Å². The van der Waals surface area contributed by atoms with Gasteiger partial charge in [-0.25, -0.2) is 4.68 Å². The molecule has 8 nitrogen and oxygen atoms in total. The van der Waals surface area contributed by atoms with Crippen molar-refractivity contribution in [3.05, 3.63) is 70.5 Å². The average molecular weight is 423 g/mol. The van der Waals surface area contributed by atoms with Crippen LogP contribution in [-0.2, 0) is 11.3 Å². The highest BCUT2D eigenvalue weighted by Crippen LogP contribution is 2.31. The van der Waals surface area contributed by atoms with E-state index in [1.54, 1.807) is 44.6 Å². The summed E-state index contributed by atoms with van der Waals surface area (Å²) in [6, 6.07) is 15.9. The number of nitrogens with one attached hydrogen (secondary N) is 1. The number of ether oxygens (including phenoxy) is 3. The summed E-state index contributed by atoms with van der Waals surface area (Å²) in [6.45, 7) is 2.30. The fourth-order valence-corrected chi connectivity index (χ4v) is 2.97. The van der Waals surface area contributed by atoms with Gasteiger partial charge in [0.05, 0.1) is 26.5 Å². The van der Waals surface area contributed by atoms with Gasteiger partial charge in [-0.2, -0.15) is 5.10 Å². The minimum atomic E-state index is -0.278. The lowest BCUT2D eigenvalue weighted by atomic mass is 10.1. The van der Waals surface area contributed by atoms with Gasteiger partial charge in [0.25, 0.3) is 11.5 Å². The van der Waals surface area contributed by atoms with Gasteiger partial charge in [-0.15, -0.1) is 0 Å². The molecule has 3 rings (SSSR count). The zero-order chi connectivity index (χ0) is 22.2. The third kappa shape index (κ3) is 5.85. The summed E-state index contributed by atoms with van der Waals surface area (Å²) in [5, 5.41) is 7.15. The van der Waals surface area contributed by atoms with E-state index < -0.39 is 0 Å². The molecule has 162 valence electrons. The molecule has 0 aliphatic carbocycles. The van der Waals surface area contributed by atoms with Crippen LogP contribution in [0.15, 0.2) is 59.4 Å². The number of hydrogen-bond donors (Lipinski definition) is 1. The van der Waals surface area contributed by atoms with E-state index in [0.29, 0.717) is 28.5 Å². The quantitative estimate of drug-likeness (QED) is 0.568. The van der Waals surface area contributed by atoms with E-state index in [9.17, 15) is 9.59 Å². The van der Waals surface area contributed by atoms with Crippen LogP contribution in [0, 0.1) is 6.92 Å². The largest absolute Gasteiger partial charge is 0.497 e. The number of carbonyl (C=O) groups is 1. The summed E-state index contributed by atoms with van der Waals surface area (Å²) >= 11 is 0. The first-order valence-corrected chi connectivity index (χ1v) is 9.77. The van der Waals surface area contributed by atoms with Crippen LogP contribution in [0.2, 0.25) is 0 Å². The molecule has 1 N–H and O–H groups in total. The summed E-state index contributed by atoms with van der Waals surface area (Å²) in [5.74, 6) is 1.62. The fraction of sp³-hybridized carbons (Fsp3) is 0.261. The van der Waals surface area contributed by atoms with Crippen LogP contribution in [-0.4, -0.2) is 43.1 Å². The second kappa shape index (κ2) is 10.3. The number of aromatic nitrogens is 2. The molecule has 0 saturated carbocycles. The van der Waals surface area contributed by atoms with Gasteiger partial charge in [-0.05, 0) is 48.9 Å². The Kier molecular flexibility index (Phi) is 7.26. The van der Waals surface area contributed by atoms with Gasteiger partial charge in [-0.3, -0.25) is 9.59 Å². The highest BCUT2D eigenvalue weighted by atomic mass is 16.5. The van der Waals surface area contributed by atoms with Crippen molar-refractivity contribution in [2.75, 3.05) is 27.4 Å². The molecule has 0 saturated heterocycles. The normalized spacial score (nSPS) is 10.4. The minimum Gasteiger partial charge on any atom is -0.497 e. The monoisotopic (exact) mass is 423 g/mol. The van der Waals surface area contributed by atoms with E-state index in [1.165, 1.54) is 10.7 Å². The maximum atomic E-state index is 12.2. The summed E-state index contributed by atoms with van der Waals surface area (Å²) in [6.07, 6.45) is 0. The lowest BCUT2D eigenvalue weighted by Gasteiger charge is -2.12. The third-order valence-corrected chi connectivity index (χ3v) is 4.55. The Balaban J connectivity index is 1.62. The lowest BCUT2D eigenvalue weighted by Crippen LogP contribution is -2.34. The maximum Gasteiger partial charge on any atom is 0.266 e. The molecule has 0 aliphatic heterocycles. The fourth-order valence-electron chi connectivity index (χ4n) is 2.97. The Hall–Kier alpha value is -3.81. The Labute approximate surface area is 180 Å². The van der Waals surface area contributed by atoms with Crippen LogP contribution in [0.4, 0.5) is 0 Å². The first-order chi connectivity index (χ1) is 15.0. The number of nitrogens with zero attached hydrogens (tertiary/aromatic N) is 2. The Bertz CT molecular complexity index is 1110. The topological polar surface area (TPSA) is 91.7 Å². The van der Waals surface area contributed by atoms with E-state index in [4.69, 9.17) is 14.2 Å². The number of carbonyl (C=O) groups excluding carboxylic acids is 1. The van der Waals surface area contributed by atoms with Gasteiger partial charge < -0.3 is 19.5 Å². The molecule has 0 atom stereocenters. The van der Waals surface area contributed by atoms with E-state index in [1.807, 2.05) is 25.1 Å². The second-order valence-corrected chi connectivity index (χ2v) is 6.80. The molecule has 0 fully saturated rings. The highest BCUT2D eigenvalue weighted by Gasteiger charge is 2.11. The van der Waals surface area contributed by atoms with Crippen molar-refractivity contribution in [2.24, 2.45) is 0 Å². The molecule has 8 heteroatoms. The van der Waals surface area contributed by atoms with Crippen molar-refractivity contribution < 1.29 is 19.0 Å². The number of rotatable bonds is 9. The predicted octanol–water partition coefficient (Wildman–Crippen LogP) is 2.43. The minimum absolute atomic E-state index is 0.104. The van der Waals surface area contributed by atoms with Crippen LogP contribution in [0.3, 0.4) is 0 Å². The van der Waals surface area contributed by atoms with E-state index in [2.05, 4.69) is 10.4 Å². The van der Waals surface area contributed by atoms with E-state index in [0.717, 1.165) is 5.56 Å². The molecule has 0 spiro atoms. The molecule has 2 aromatic carbocycles. The van der Waals surface area contributed by atoms with Gasteiger partial charge in [0.15, 0.2) is 6.61 Å². The average Bonchev–Trinajstić information content (AvgIpc) is 2.78. The third-order valence-electron chi connectivity index (χ3n) is 4.55. The molecule has 3 aromatic rings. The molecular weight excluding hydrogens is 398 g/mol. The van der Waals surface area contributed by atoms with Crippen molar-refractivity contribution in [2.45, 2.75) is 13.5 Å². The van der Waals surface area contributed by atoms with Crippen LogP contribution >= 0.6 is 0 Å². The Morgan fingerprint density at radius 1 is 1.03 bits per heavy atom. The molecular formula is C23H25N3O5. The summed E-state index contributed by atoms with van der Waals surface area (Å²) in [5.41, 5.74) is 2.04. The van der Waals surface area contributed by atoms with Crippen molar-refractivity contribution in [3.63, 3.8) is 0 Å². The van der Waals surface area contributed by atoms with Crippen molar-refractivity contribution in [3.8, 4) is 28.5 Å². The van der Waals surface area contributed by atoms with Gasteiger partial charge in [-0.1, -0.05) is 12.1 Å². The van der Waals surface area contributed by atoms with Crippen LogP contribution in [0.25, 0.3) is 11.3 Å². The number of amides is 1. The van der Waals surface area contributed by atoms with Crippen LogP contribution in [0.5, 0.6) is 17.2 Å². The molecule has 1 aromatic heterocycles. The summed E-state index contributed by atoms with van der Waals surface area (Å²) in [4.78, 5) is 24.3. The van der Waals surface area contributed by atoms with Gasteiger partial charge in [0.2, 0.25) is 0 Å². The molecule has 0 radical (unpaired) electrons. The van der Waals surface area contributed by atoms with Gasteiger partial charge >= 0.3 is 0 Å². The molecule has 1 heterocycles. The van der Waals surface area contributed by atoms with Gasteiger partial charge in [0.1, 0.15) is 17.2 Å². The Morgan fingerprint density at radius 3 is 2.61 bits per heavy atom. The second-order valence-electron chi connectivity index (χ2n) is 6.80. The number of hydrogen-bond acceptors (Lipinski definition) is 6. The summed E-state index contributed by atoms with van der Waals surface area (Å²) < 4.78 is 17.4. The first-order valence-electron chi connectivity index (χ1n) is 9.77. The SMILES string of the molecule is COc1ccc(OC)c(-c2ccc(=O)n(CCNC(=O)COc3cccc(C)c3)n2)c1. The van der Waals surface area contributed by atoms with Crippen molar-refractivity contribution in [1.29, 1.82) is 0 Å². The number of aryl methyl sites for hydroxylation is 1. The number of methoxy groups -OCH3 is 2. The lowest BCUT2D eigenvalue weighted by molar-refractivity contribution is -0.123. The summed E-state index contributed by atoms with van der Waals surface area (Å²) in [7, 11) is 3.14. The molecule has 31 heavy (non-hydrogen) atoms. The van der Waals surface area contributed by atoms with E-state index in [-0.39, 0.29) is 31.2 Å². The number of benzene rings is 2. The first kappa shape index (κ1) is 21.9. The molecule has 0 aliphatic rings. The molecule has 1 amide bonds. The standard InChI is InChI=1S/C23H25N3O5/c1-16-5-4-6-18(13-16)31-15-22(27)24-11-12-26-23(28)10-8-20(25-26)19-14-17(29-2)7-9-21(19)30-3/h4-10,13-14H,11-12,15H2,1-3H3,(H,24,27). The van der Waals surface area contributed by atoms with Crippen molar-refractivity contribution in [1.82, 2.24) is 15.1 Å². The highest BCUT2D eigenvalue weighted by molar-refractivity contribution is 5.77. The molecule has 0 unspecified atom stereocenters. The Morgan fingerprint density at radius 2 is 1.87 bits per heavy atom. The zero-order valence-corrected chi connectivity index (χ0v) is 17.8. The van der Waals surface area contributed by atoms with Gasteiger partial charge in [0, 0.05) is 18.2 Å². The van der Waals surface area contributed by atoms with Crippen LogP contribution in [0.1, 0.15) is 5.56 Å². The van der Waals surface area contributed by atoms with Crippen LogP contribution < -0.4 is 25.1 Å². The smallest absolute Gasteiger partial charge is 0.266 e.